The molecule has 1 fully saturated rings. The van der Waals surface area contributed by atoms with Crippen LogP contribution in [0.2, 0.25) is 0 Å². The first kappa shape index (κ1) is 22.1. The lowest BCUT2D eigenvalue weighted by molar-refractivity contribution is 0.250. The van der Waals surface area contributed by atoms with Crippen LogP contribution in [0.1, 0.15) is 95.6 Å². The van der Waals surface area contributed by atoms with Crippen molar-refractivity contribution in [1.82, 2.24) is 4.98 Å². The highest BCUT2D eigenvalue weighted by Crippen LogP contribution is 2.34. The fourth-order valence-electron chi connectivity index (χ4n) is 4.84. The molecule has 3 rings (SSSR count). The summed E-state index contributed by atoms with van der Waals surface area (Å²) < 4.78 is 0. The summed E-state index contributed by atoms with van der Waals surface area (Å²) in [6.45, 7) is 4.58. The van der Waals surface area contributed by atoms with E-state index < -0.39 is 0 Å². The highest BCUT2D eigenvalue weighted by molar-refractivity contribution is 5.59. The summed E-state index contributed by atoms with van der Waals surface area (Å²) >= 11 is 0. The fourth-order valence-corrected chi connectivity index (χ4v) is 4.84. The summed E-state index contributed by atoms with van der Waals surface area (Å²) in [5, 5.41) is 0. The quantitative estimate of drug-likeness (QED) is 0.350. The summed E-state index contributed by atoms with van der Waals surface area (Å²) in [6, 6.07) is 13.5. The third-order valence-electron chi connectivity index (χ3n) is 6.92. The van der Waals surface area contributed by atoms with Gasteiger partial charge in [-0.3, -0.25) is 4.98 Å². The van der Waals surface area contributed by atoms with Gasteiger partial charge in [-0.25, -0.2) is 0 Å². The van der Waals surface area contributed by atoms with Crippen molar-refractivity contribution in [1.29, 1.82) is 0 Å². The molecule has 0 atom stereocenters. The number of benzene rings is 1. The normalized spacial score (nSPS) is 19.4. The van der Waals surface area contributed by atoms with Gasteiger partial charge in [0.15, 0.2) is 0 Å². The smallest absolute Gasteiger partial charge is 0.0702 e. The van der Waals surface area contributed by atoms with E-state index in [1.54, 1.807) is 0 Å². The molecule has 1 nitrogen and oxygen atoms in total. The number of pyridine rings is 1. The predicted molar refractivity (Wildman–Crippen MR) is 126 cm³/mol. The van der Waals surface area contributed by atoms with E-state index in [4.69, 9.17) is 4.98 Å². The second-order valence-corrected chi connectivity index (χ2v) is 9.27. The maximum atomic E-state index is 4.76. The monoisotopic (exact) mass is 391 g/mol. The first-order valence-corrected chi connectivity index (χ1v) is 12.3. The maximum Gasteiger partial charge on any atom is 0.0702 e. The van der Waals surface area contributed by atoms with E-state index >= 15 is 0 Å². The van der Waals surface area contributed by atoms with Crippen LogP contribution in [0.3, 0.4) is 0 Å². The summed E-state index contributed by atoms with van der Waals surface area (Å²) in [7, 11) is 0. The minimum Gasteiger partial charge on any atom is -0.256 e. The van der Waals surface area contributed by atoms with E-state index in [9.17, 15) is 0 Å². The first-order chi connectivity index (χ1) is 14.3. The average molecular weight is 392 g/mol. The topological polar surface area (TPSA) is 12.9 Å². The second-order valence-electron chi connectivity index (χ2n) is 9.27. The molecule has 0 amide bonds. The van der Waals surface area contributed by atoms with Crippen molar-refractivity contribution in [2.24, 2.45) is 11.8 Å². The number of unbranched alkanes of at least 4 members (excludes halogenated alkanes) is 3. The Balaban J connectivity index is 1.43. The highest BCUT2D eigenvalue weighted by Gasteiger charge is 2.20. The van der Waals surface area contributed by atoms with E-state index in [0.717, 1.165) is 17.5 Å². The fraction of sp³-hybridized carbons (Fsp3) is 0.607. The third kappa shape index (κ3) is 7.28. The zero-order chi connectivity index (χ0) is 20.3. The van der Waals surface area contributed by atoms with Crippen LogP contribution < -0.4 is 0 Å². The van der Waals surface area contributed by atoms with Gasteiger partial charge in [0.05, 0.1) is 5.69 Å². The molecule has 1 heterocycles. The molecular formula is C28H41N. The SMILES string of the molecule is CCCCCc1ccc(-c2ccc(CC[C@H]3CC[C@H](CCCC)CC3)cn2)cc1. The first-order valence-electron chi connectivity index (χ1n) is 12.3. The molecule has 0 radical (unpaired) electrons. The van der Waals surface area contributed by atoms with E-state index in [2.05, 4.69) is 56.4 Å². The summed E-state index contributed by atoms with van der Waals surface area (Å²) in [4.78, 5) is 4.76. The van der Waals surface area contributed by atoms with Gasteiger partial charge in [-0.1, -0.05) is 102 Å². The van der Waals surface area contributed by atoms with Crippen LogP contribution in [0.25, 0.3) is 11.3 Å². The summed E-state index contributed by atoms with van der Waals surface area (Å²) in [5.74, 6) is 1.96. The second kappa shape index (κ2) is 12.2. The van der Waals surface area contributed by atoms with Gasteiger partial charge in [0.2, 0.25) is 0 Å². The molecular weight excluding hydrogens is 350 g/mol. The molecule has 0 saturated heterocycles. The molecule has 1 aromatic heterocycles. The van der Waals surface area contributed by atoms with Gasteiger partial charge in [0.25, 0.3) is 0 Å². The Labute approximate surface area is 179 Å². The van der Waals surface area contributed by atoms with Crippen LogP contribution in [-0.4, -0.2) is 4.98 Å². The molecule has 1 aliphatic carbocycles. The van der Waals surface area contributed by atoms with E-state index in [1.807, 2.05) is 0 Å². The molecule has 0 unspecified atom stereocenters. The molecule has 0 aliphatic heterocycles. The van der Waals surface area contributed by atoms with Gasteiger partial charge in [-0.15, -0.1) is 0 Å². The lowest BCUT2D eigenvalue weighted by Crippen LogP contribution is -2.15. The van der Waals surface area contributed by atoms with Crippen molar-refractivity contribution in [2.45, 2.75) is 97.3 Å². The van der Waals surface area contributed by atoms with Gasteiger partial charge in [0, 0.05) is 11.8 Å². The van der Waals surface area contributed by atoms with Gasteiger partial charge in [-0.05, 0) is 54.7 Å². The molecule has 0 spiro atoms. The Bertz CT molecular complexity index is 677. The van der Waals surface area contributed by atoms with E-state index in [0.29, 0.717) is 0 Å². The zero-order valence-electron chi connectivity index (χ0n) is 18.8. The Kier molecular flexibility index (Phi) is 9.25. The summed E-state index contributed by atoms with van der Waals surface area (Å²) in [6.07, 6.45) is 19.8. The minimum absolute atomic E-state index is 0.938. The maximum absolute atomic E-state index is 4.76. The number of hydrogen-bond acceptors (Lipinski definition) is 1. The molecule has 2 aromatic rings. The predicted octanol–water partition coefficient (Wildman–Crippen LogP) is 8.41. The Morgan fingerprint density at radius 2 is 1.34 bits per heavy atom. The third-order valence-corrected chi connectivity index (χ3v) is 6.92. The zero-order valence-corrected chi connectivity index (χ0v) is 18.8. The van der Waals surface area contributed by atoms with Crippen molar-refractivity contribution in [2.75, 3.05) is 0 Å². The largest absolute Gasteiger partial charge is 0.256 e. The van der Waals surface area contributed by atoms with Crippen LogP contribution in [0.4, 0.5) is 0 Å². The lowest BCUT2D eigenvalue weighted by atomic mass is 9.78. The molecule has 1 saturated carbocycles. The molecule has 1 aromatic carbocycles. The number of aromatic nitrogens is 1. The van der Waals surface area contributed by atoms with Crippen molar-refractivity contribution in [3.63, 3.8) is 0 Å². The van der Waals surface area contributed by atoms with Crippen LogP contribution in [0, 0.1) is 11.8 Å². The van der Waals surface area contributed by atoms with E-state index in [1.165, 1.54) is 100 Å². The Hall–Kier alpha value is -1.63. The van der Waals surface area contributed by atoms with Crippen LogP contribution >= 0.6 is 0 Å². The van der Waals surface area contributed by atoms with Crippen molar-refractivity contribution in [3.8, 4) is 11.3 Å². The highest BCUT2D eigenvalue weighted by atomic mass is 14.7. The van der Waals surface area contributed by atoms with Crippen molar-refractivity contribution >= 4 is 0 Å². The minimum atomic E-state index is 0.938. The standard InChI is InChI=1S/C28H41N/c1-3-5-7-9-24-16-19-27(20-17-24)28-21-18-26(22-29-28)15-14-25-12-10-23(11-13-25)8-6-4-2/h16-23,25H,3-15H2,1-2H3/t23-,25-. The lowest BCUT2D eigenvalue weighted by Gasteiger charge is -2.28. The Morgan fingerprint density at radius 1 is 0.690 bits per heavy atom. The Morgan fingerprint density at radius 3 is 1.97 bits per heavy atom. The van der Waals surface area contributed by atoms with Gasteiger partial charge >= 0.3 is 0 Å². The number of rotatable bonds is 11. The molecule has 1 heteroatoms. The molecule has 0 bridgehead atoms. The number of aryl methyl sites for hydroxylation is 2. The van der Waals surface area contributed by atoms with Crippen LogP contribution in [-0.2, 0) is 12.8 Å². The van der Waals surface area contributed by atoms with Crippen LogP contribution in [0.5, 0.6) is 0 Å². The van der Waals surface area contributed by atoms with Crippen molar-refractivity contribution in [3.05, 3.63) is 53.7 Å². The number of nitrogens with zero attached hydrogens (tertiary/aromatic N) is 1. The van der Waals surface area contributed by atoms with Gasteiger partial charge in [0.1, 0.15) is 0 Å². The molecule has 158 valence electrons. The van der Waals surface area contributed by atoms with Gasteiger partial charge < -0.3 is 0 Å². The molecule has 1 aliphatic rings. The number of hydrogen-bond donors (Lipinski definition) is 0. The van der Waals surface area contributed by atoms with E-state index in [-0.39, 0.29) is 0 Å². The molecule has 0 N–H and O–H groups in total. The summed E-state index contributed by atoms with van der Waals surface area (Å²) in [5.41, 5.74) is 5.19. The average Bonchev–Trinajstić information content (AvgIpc) is 2.78. The van der Waals surface area contributed by atoms with Gasteiger partial charge in [-0.2, -0.15) is 0 Å². The molecule has 29 heavy (non-hydrogen) atoms. The van der Waals surface area contributed by atoms with Crippen LogP contribution in [0.15, 0.2) is 42.6 Å². The van der Waals surface area contributed by atoms with Crippen molar-refractivity contribution < 1.29 is 0 Å².